The molecule has 3 N–H and O–H groups in total. The van der Waals surface area contributed by atoms with Crippen LogP contribution in [0.3, 0.4) is 0 Å². The molecular formula is C13H15F3N2O2S. The van der Waals surface area contributed by atoms with Gasteiger partial charge in [-0.2, -0.15) is 13.2 Å². The van der Waals surface area contributed by atoms with Crippen molar-refractivity contribution in [2.75, 3.05) is 18.5 Å². The van der Waals surface area contributed by atoms with Gasteiger partial charge in [-0.15, -0.1) is 0 Å². The van der Waals surface area contributed by atoms with Crippen LogP contribution in [0.15, 0.2) is 18.2 Å². The number of anilines is 1. The maximum atomic E-state index is 11.9. The summed E-state index contributed by atoms with van der Waals surface area (Å²) in [4.78, 5) is 11.8. The Morgan fingerprint density at radius 1 is 1.43 bits per heavy atom. The first kappa shape index (κ1) is 17.4. The van der Waals surface area contributed by atoms with Gasteiger partial charge in [0.15, 0.2) is 0 Å². The number of carbonyl (C=O) groups excluding carboxylic acids is 1. The van der Waals surface area contributed by atoms with Gasteiger partial charge < -0.3 is 15.8 Å². The highest BCUT2D eigenvalue weighted by Gasteiger charge is 2.27. The van der Waals surface area contributed by atoms with Gasteiger partial charge in [0, 0.05) is 5.56 Å². The number of benzene rings is 1. The first-order valence-corrected chi connectivity index (χ1v) is 6.45. The Balaban J connectivity index is 2.56. The number of alkyl halides is 3. The van der Waals surface area contributed by atoms with Crippen molar-refractivity contribution in [1.82, 2.24) is 0 Å². The fourth-order valence-electron chi connectivity index (χ4n) is 1.66. The van der Waals surface area contributed by atoms with Crippen molar-refractivity contribution in [3.8, 4) is 0 Å². The van der Waals surface area contributed by atoms with Gasteiger partial charge in [0.1, 0.15) is 11.6 Å². The molecule has 0 atom stereocenters. The quantitative estimate of drug-likeness (QED) is 0.624. The van der Waals surface area contributed by atoms with E-state index in [2.05, 4.69) is 10.1 Å². The lowest BCUT2D eigenvalue weighted by Gasteiger charge is -2.13. The summed E-state index contributed by atoms with van der Waals surface area (Å²) >= 11 is 4.91. The number of rotatable bonds is 6. The molecule has 1 amide bonds. The highest BCUT2D eigenvalue weighted by Crippen LogP contribution is 2.19. The van der Waals surface area contributed by atoms with Crippen molar-refractivity contribution < 1.29 is 22.7 Å². The highest BCUT2D eigenvalue weighted by molar-refractivity contribution is 7.80. The van der Waals surface area contributed by atoms with Crippen LogP contribution in [0.5, 0.6) is 0 Å². The summed E-state index contributed by atoms with van der Waals surface area (Å²) in [5, 5.41) is 2.56. The average molecular weight is 320 g/mol. The Kier molecular flexibility index (Phi) is 6.10. The van der Waals surface area contributed by atoms with Crippen molar-refractivity contribution >= 4 is 28.8 Å². The van der Waals surface area contributed by atoms with Crippen LogP contribution in [0.4, 0.5) is 18.9 Å². The molecule has 0 spiro atoms. The van der Waals surface area contributed by atoms with E-state index in [1.165, 1.54) is 0 Å². The van der Waals surface area contributed by atoms with E-state index in [-0.39, 0.29) is 18.0 Å². The van der Waals surface area contributed by atoms with Crippen LogP contribution >= 0.6 is 12.2 Å². The van der Waals surface area contributed by atoms with Gasteiger partial charge in [0.25, 0.3) is 0 Å². The minimum absolute atomic E-state index is 0.136. The van der Waals surface area contributed by atoms with E-state index in [1.54, 1.807) is 25.1 Å². The van der Waals surface area contributed by atoms with Gasteiger partial charge >= 0.3 is 6.18 Å². The monoisotopic (exact) mass is 320 g/mol. The molecule has 0 saturated carbocycles. The van der Waals surface area contributed by atoms with Gasteiger partial charge in [0.05, 0.1) is 18.7 Å². The molecule has 0 fully saturated rings. The first-order chi connectivity index (χ1) is 9.70. The summed E-state index contributed by atoms with van der Waals surface area (Å²) in [7, 11) is 0. The lowest BCUT2D eigenvalue weighted by molar-refractivity contribution is -0.174. The largest absolute Gasteiger partial charge is 0.411 e. The Labute approximate surface area is 125 Å². The summed E-state index contributed by atoms with van der Waals surface area (Å²) < 4.78 is 39.9. The summed E-state index contributed by atoms with van der Waals surface area (Å²) in [5.41, 5.74) is 7.36. The van der Waals surface area contributed by atoms with E-state index in [9.17, 15) is 18.0 Å². The van der Waals surface area contributed by atoms with Crippen LogP contribution in [-0.2, 0) is 9.53 Å². The number of aryl methyl sites for hydroxylation is 1. The van der Waals surface area contributed by atoms with Gasteiger partial charge in [0.2, 0.25) is 5.91 Å². The molecule has 116 valence electrons. The molecule has 21 heavy (non-hydrogen) atoms. The van der Waals surface area contributed by atoms with Gasteiger partial charge in [-0.1, -0.05) is 24.4 Å². The highest BCUT2D eigenvalue weighted by atomic mass is 32.1. The second kappa shape index (κ2) is 7.37. The van der Waals surface area contributed by atoms with Crippen LogP contribution in [0.1, 0.15) is 17.5 Å². The maximum absolute atomic E-state index is 11.9. The number of nitrogens with one attached hydrogen (secondary N) is 1. The van der Waals surface area contributed by atoms with E-state index in [1.807, 2.05) is 0 Å². The minimum Gasteiger partial charge on any atom is -0.389 e. The number of nitrogens with two attached hydrogens (primary N) is 1. The third kappa shape index (κ3) is 6.09. The van der Waals surface area contributed by atoms with Crippen molar-refractivity contribution in [2.24, 2.45) is 5.73 Å². The Hall–Kier alpha value is -1.67. The van der Waals surface area contributed by atoms with E-state index in [0.29, 0.717) is 11.3 Å². The van der Waals surface area contributed by atoms with Crippen LogP contribution in [0.2, 0.25) is 0 Å². The normalized spacial score (nSPS) is 11.2. The molecule has 0 radical (unpaired) electrons. The number of halogens is 3. The van der Waals surface area contributed by atoms with E-state index < -0.39 is 18.7 Å². The summed E-state index contributed by atoms with van der Waals surface area (Å²) in [6.07, 6.45) is -4.59. The predicted octanol–water partition coefficient (Wildman–Crippen LogP) is 2.54. The molecule has 0 bridgehead atoms. The topological polar surface area (TPSA) is 64.3 Å². The first-order valence-electron chi connectivity index (χ1n) is 6.04. The average Bonchev–Trinajstić information content (AvgIpc) is 2.33. The molecule has 0 aliphatic carbocycles. The summed E-state index contributed by atoms with van der Waals surface area (Å²) in [5.74, 6) is -0.472. The van der Waals surface area contributed by atoms with E-state index >= 15 is 0 Å². The lowest BCUT2D eigenvalue weighted by atomic mass is 10.1. The molecule has 0 aromatic heterocycles. The van der Waals surface area contributed by atoms with Crippen molar-refractivity contribution in [3.05, 3.63) is 29.3 Å². The molecule has 0 aliphatic heterocycles. The smallest absolute Gasteiger partial charge is 0.389 e. The second-order valence-electron chi connectivity index (χ2n) is 4.33. The van der Waals surface area contributed by atoms with Crippen molar-refractivity contribution in [3.63, 3.8) is 0 Å². The Bertz CT molecular complexity index is 533. The SMILES string of the molecule is Cc1cccc(NC(=O)CCOCC(F)(F)F)c1C(N)=S. The zero-order chi connectivity index (χ0) is 16.0. The number of ether oxygens (including phenoxy) is 1. The lowest BCUT2D eigenvalue weighted by Crippen LogP contribution is -2.21. The minimum atomic E-state index is -4.40. The molecule has 1 rings (SSSR count). The van der Waals surface area contributed by atoms with E-state index in [0.717, 1.165) is 5.56 Å². The molecule has 0 saturated heterocycles. The Morgan fingerprint density at radius 2 is 2.10 bits per heavy atom. The molecular weight excluding hydrogens is 305 g/mol. The zero-order valence-electron chi connectivity index (χ0n) is 11.3. The fourth-order valence-corrected chi connectivity index (χ4v) is 1.94. The Morgan fingerprint density at radius 3 is 2.67 bits per heavy atom. The molecule has 8 heteroatoms. The molecule has 1 aromatic rings. The number of hydrogen-bond donors (Lipinski definition) is 2. The number of carbonyl (C=O) groups is 1. The third-order valence-corrected chi connectivity index (χ3v) is 2.74. The number of thiocarbonyl (C=S) groups is 1. The number of amides is 1. The van der Waals surface area contributed by atoms with Gasteiger partial charge in [-0.05, 0) is 18.6 Å². The summed E-state index contributed by atoms with van der Waals surface area (Å²) in [6, 6.07) is 5.12. The summed E-state index contributed by atoms with van der Waals surface area (Å²) in [6.45, 7) is 0.0962. The molecule has 4 nitrogen and oxygen atoms in total. The maximum Gasteiger partial charge on any atom is 0.411 e. The van der Waals surface area contributed by atoms with Gasteiger partial charge in [-0.25, -0.2) is 0 Å². The second-order valence-corrected chi connectivity index (χ2v) is 4.77. The van der Waals surface area contributed by atoms with E-state index in [4.69, 9.17) is 18.0 Å². The van der Waals surface area contributed by atoms with Crippen LogP contribution in [0, 0.1) is 6.92 Å². The van der Waals surface area contributed by atoms with Crippen molar-refractivity contribution in [1.29, 1.82) is 0 Å². The van der Waals surface area contributed by atoms with Crippen LogP contribution < -0.4 is 11.1 Å². The fraction of sp³-hybridized carbons (Fsp3) is 0.385. The van der Waals surface area contributed by atoms with Gasteiger partial charge in [-0.3, -0.25) is 4.79 Å². The molecule has 1 aromatic carbocycles. The van der Waals surface area contributed by atoms with Crippen molar-refractivity contribution in [2.45, 2.75) is 19.5 Å². The van der Waals surface area contributed by atoms with Crippen LogP contribution in [0.25, 0.3) is 0 Å². The standard InChI is InChI=1S/C13H15F3N2O2S/c1-8-3-2-4-9(11(8)12(17)21)18-10(19)5-6-20-7-13(14,15)16/h2-4H,5-7H2,1H3,(H2,17,21)(H,18,19). The molecule has 0 aliphatic rings. The third-order valence-electron chi connectivity index (χ3n) is 2.53. The van der Waals surface area contributed by atoms with Crippen LogP contribution in [-0.4, -0.2) is 30.3 Å². The molecule has 0 heterocycles. The number of hydrogen-bond acceptors (Lipinski definition) is 3. The molecule has 0 unspecified atom stereocenters. The zero-order valence-corrected chi connectivity index (χ0v) is 12.1. The predicted molar refractivity (Wildman–Crippen MR) is 77.2 cm³/mol.